The topological polar surface area (TPSA) is 0 Å². The molecule has 0 spiro atoms. The number of hydrogen-bond donors (Lipinski definition) is 0. The molecule has 0 saturated heterocycles. The number of rotatable bonds is 0. The second kappa shape index (κ2) is 27.9. The Morgan fingerprint density at radius 1 is 1.00 bits per heavy atom. The molecule has 0 aliphatic heterocycles. The molecule has 3 heteroatoms. The van der Waals surface area contributed by atoms with Gasteiger partial charge >= 0.3 is 0 Å². The van der Waals surface area contributed by atoms with E-state index in [1.54, 1.807) is 0 Å². The van der Waals surface area contributed by atoms with Crippen molar-refractivity contribution < 1.29 is 0 Å². The summed E-state index contributed by atoms with van der Waals surface area (Å²) in [5, 5.41) is 0. The minimum absolute atomic E-state index is 0. The molecular weight excluding hydrogens is 140 g/mol. The zero-order valence-corrected chi connectivity index (χ0v) is 6.33. The Morgan fingerprint density at radius 2 is 1.00 bits per heavy atom. The van der Waals surface area contributed by atoms with Crippen LogP contribution in [0, 0.1) is 7.43 Å². The van der Waals surface area contributed by atoms with Crippen LogP contribution in [0.4, 0.5) is 0 Å². The maximum Gasteiger partial charge on any atom is 0 e. The molecule has 0 atom stereocenters. The van der Waals surface area contributed by atoms with Crippen molar-refractivity contribution in [3.63, 3.8) is 0 Å². The van der Waals surface area contributed by atoms with Crippen LogP contribution in [0.15, 0.2) is 0 Å². The normalized spacial score (nSPS) is 0. The van der Waals surface area contributed by atoms with Gasteiger partial charge in [-0.05, 0) is 0 Å². The van der Waals surface area contributed by atoms with Gasteiger partial charge in [-0.25, -0.2) is 0 Å². The molecule has 4 heavy (non-hydrogen) atoms. The molecule has 0 nitrogen and oxygen atoms in total. The molecule has 0 N–H and O–H groups in total. The predicted octanol–water partition coefficient (Wildman–Crippen LogP) is -1.06. The molecule has 0 heterocycles. The first-order valence-corrected chi connectivity index (χ1v) is 0. The van der Waals surface area contributed by atoms with Gasteiger partial charge in [-0.2, -0.15) is 0 Å². The van der Waals surface area contributed by atoms with Gasteiger partial charge in [0.05, 0.1) is 0 Å². The molecule has 0 aliphatic carbocycles. The van der Waals surface area contributed by atoms with E-state index in [-0.39, 0.29) is 53.3 Å². The monoisotopic (exact) mass is 141 g/mol. The fourth-order valence-corrected chi connectivity index (χ4v) is 0. The Bertz CT molecular complexity index is 8.00. The van der Waals surface area contributed by atoms with Crippen LogP contribution in [0.2, 0.25) is 0 Å². The third kappa shape index (κ3) is 10.4. The van der Waals surface area contributed by atoms with E-state index in [1.165, 1.54) is 0 Å². The molecule has 0 saturated carbocycles. The van der Waals surface area contributed by atoms with Gasteiger partial charge in [-0.15, -0.1) is 0 Å². The molecule has 15 valence electrons. The van der Waals surface area contributed by atoms with Crippen LogP contribution in [-0.4, -0.2) is 45.9 Å². The summed E-state index contributed by atoms with van der Waals surface area (Å²) in [4.78, 5) is 0. The van der Waals surface area contributed by atoms with E-state index in [0.29, 0.717) is 0 Å². The summed E-state index contributed by atoms with van der Waals surface area (Å²) < 4.78 is 0. The minimum Gasteiger partial charge on any atom is 0 e. The van der Waals surface area contributed by atoms with Crippen molar-refractivity contribution in [2.24, 2.45) is 0 Å². The van der Waals surface area contributed by atoms with Gasteiger partial charge in [0.15, 0.2) is 0 Å². The minimum atomic E-state index is 0. The molecule has 0 aromatic rings. The van der Waals surface area contributed by atoms with Crippen LogP contribution in [0.5, 0.6) is 0 Å². The second-order valence-electron chi connectivity index (χ2n) is 0. The Balaban J connectivity index is 0. The zero-order chi connectivity index (χ0) is 0. The maximum atomic E-state index is 0. The Kier molecular flexibility index (Phi) is 407. The molecule has 0 aliphatic rings. The van der Waals surface area contributed by atoms with E-state index < -0.39 is 0 Å². The molecule has 0 aromatic carbocycles. The Morgan fingerprint density at radius 3 is 1.00 bits per heavy atom. The van der Waals surface area contributed by atoms with Crippen molar-refractivity contribution in [1.29, 1.82) is 0 Å². The molecule has 0 amide bonds. The van der Waals surface area contributed by atoms with Crippen molar-refractivity contribution in [3.8, 4) is 0 Å². The Labute approximate surface area is 53.5 Å². The molecule has 0 bridgehead atoms. The number of hydrogen-bond acceptors (Lipinski definition) is 0. The van der Waals surface area contributed by atoms with Crippen LogP contribution < -0.4 is 0 Å². The Hall–Kier alpha value is 1.29. The first-order chi connectivity index (χ1) is 0. The van der Waals surface area contributed by atoms with Crippen molar-refractivity contribution in [1.82, 2.24) is 0 Å². The summed E-state index contributed by atoms with van der Waals surface area (Å²) in [6.07, 6.45) is 0. The molecule has 0 rings (SSSR count). The molecule has 0 aromatic heterocycles. The van der Waals surface area contributed by atoms with E-state index >= 15 is 0 Å². The first-order valence-electron chi connectivity index (χ1n) is 0. The predicted molar refractivity (Wildman–Crippen MR) is 20.5 cm³/mol. The molecule has 0 fully saturated rings. The van der Waals surface area contributed by atoms with E-state index in [1.807, 2.05) is 0 Å². The summed E-state index contributed by atoms with van der Waals surface area (Å²) in [6, 6.07) is 0. The maximum absolute atomic E-state index is 0. The zero-order valence-electron chi connectivity index (χ0n) is 2.08. The van der Waals surface area contributed by atoms with E-state index in [2.05, 4.69) is 0 Å². The average Bonchev–Trinajstić information content (AvgIpc) is 0. The van der Waals surface area contributed by atoms with Gasteiger partial charge < -0.3 is 0 Å². The third-order valence-corrected chi connectivity index (χ3v) is 0. The van der Waals surface area contributed by atoms with Gasteiger partial charge in [0.2, 0.25) is 0 Å². The third-order valence-electron chi connectivity index (χ3n) is 0. The van der Waals surface area contributed by atoms with Crippen LogP contribution in [0.3, 0.4) is 0 Å². The van der Waals surface area contributed by atoms with Crippen LogP contribution >= 0.6 is 0 Å². The molecular formula is CAlGeSi. The van der Waals surface area contributed by atoms with Crippen LogP contribution in [0.25, 0.3) is 0 Å². The van der Waals surface area contributed by atoms with E-state index in [0.717, 1.165) is 0 Å². The van der Waals surface area contributed by atoms with Gasteiger partial charge in [0, 0.05) is 53.3 Å². The fraction of sp³-hybridized carbons (Fsp3) is 0. The largest absolute Gasteiger partial charge is 0 e. The van der Waals surface area contributed by atoms with Gasteiger partial charge in [-0.1, -0.05) is 0 Å². The fourth-order valence-electron chi connectivity index (χ4n) is 0. The molecule has 0 unspecified atom stereocenters. The van der Waals surface area contributed by atoms with Crippen molar-refractivity contribution in [2.75, 3.05) is 0 Å². The standard InChI is InChI=1S/C.Al.Ge.Si. The summed E-state index contributed by atoms with van der Waals surface area (Å²) in [5.74, 6) is 0. The van der Waals surface area contributed by atoms with Gasteiger partial charge in [-0.3, -0.25) is 0 Å². The summed E-state index contributed by atoms with van der Waals surface area (Å²) >= 11 is 0. The van der Waals surface area contributed by atoms with Crippen molar-refractivity contribution in [2.45, 2.75) is 0 Å². The van der Waals surface area contributed by atoms with Crippen LogP contribution in [-0.2, 0) is 0 Å². The van der Waals surface area contributed by atoms with Gasteiger partial charge in [0.1, 0.15) is 0 Å². The quantitative estimate of drug-likeness (QED) is 0.376. The summed E-state index contributed by atoms with van der Waals surface area (Å²) in [6.45, 7) is 0. The first kappa shape index (κ1) is 58.4. The average molecular weight is 140 g/mol. The van der Waals surface area contributed by atoms with Gasteiger partial charge in [0.25, 0.3) is 0 Å². The summed E-state index contributed by atoms with van der Waals surface area (Å²) in [5.41, 5.74) is 0. The van der Waals surface area contributed by atoms with Crippen LogP contribution in [0.1, 0.15) is 0 Å². The van der Waals surface area contributed by atoms with E-state index in [9.17, 15) is 0 Å². The summed E-state index contributed by atoms with van der Waals surface area (Å²) in [7, 11) is 0. The molecule has 15 radical (unpaired) electrons. The van der Waals surface area contributed by atoms with Crippen molar-refractivity contribution in [3.05, 3.63) is 7.43 Å². The smallest absolute Gasteiger partial charge is 0 e. The van der Waals surface area contributed by atoms with E-state index in [4.69, 9.17) is 0 Å². The second-order valence-corrected chi connectivity index (χ2v) is 0. The van der Waals surface area contributed by atoms with Crippen molar-refractivity contribution >= 4 is 45.9 Å². The SMILES string of the molecule is [Al].[C].[Ge].[Si].